The second-order valence-electron chi connectivity index (χ2n) is 8.22. The molecule has 0 N–H and O–H groups in total. The molecule has 0 fully saturated rings. The van der Waals surface area contributed by atoms with Crippen LogP contribution in [0.1, 0.15) is 13.8 Å². The SMILES string of the molecule is COc1ccccc1Oc1c(Cl)nc(-c2ccncc2)nc1N(CC(C)C)S(=O)(=O)c1ccccc1. The summed E-state index contributed by atoms with van der Waals surface area (Å²) in [6, 6.07) is 18.6. The van der Waals surface area contributed by atoms with Crippen LogP contribution in [0.25, 0.3) is 11.4 Å². The lowest BCUT2D eigenvalue weighted by atomic mass is 10.2. The van der Waals surface area contributed by atoms with E-state index in [1.165, 1.54) is 23.5 Å². The van der Waals surface area contributed by atoms with Crippen molar-refractivity contribution in [2.45, 2.75) is 18.7 Å². The third kappa shape index (κ3) is 5.42. The van der Waals surface area contributed by atoms with Crippen LogP contribution in [0.5, 0.6) is 17.2 Å². The van der Waals surface area contributed by atoms with Crippen molar-refractivity contribution in [1.29, 1.82) is 0 Å². The van der Waals surface area contributed by atoms with Gasteiger partial charge >= 0.3 is 0 Å². The molecule has 2 aromatic carbocycles. The molecule has 0 saturated heterocycles. The summed E-state index contributed by atoms with van der Waals surface area (Å²) >= 11 is 6.65. The molecule has 10 heteroatoms. The minimum absolute atomic E-state index is 0.000807. The number of benzene rings is 2. The number of para-hydroxylation sites is 2. The average molecular weight is 525 g/mol. The molecule has 0 bridgehead atoms. The van der Waals surface area contributed by atoms with Crippen LogP contribution >= 0.6 is 11.6 Å². The van der Waals surface area contributed by atoms with E-state index in [-0.39, 0.29) is 39.9 Å². The van der Waals surface area contributed by atoms with Crippen LogP contribution in [0.15, 0.2) is 84.0 Å². The number of nitrogens with zero attached hydrogens (tertiary/aromatic N) is 4. The smallest absolute Gasteiger partial charge is 0.265 e. The molecule has 186 valence electrons. The van der Waals surface area contributed by atoms with Gasteiger partial charge < -0.3 is 9.47 Å². The third-order valence-electron chi connectivity index (χ3n) is 5.12. The van der Waals surface area contributed by atoms with Crippen LogP contribution < -0.4 is 13.8 Å². The molecule has 0 aliphatic carbocycles. The minimum atomic E-state index is -4.03. The molecule has 0 spiro atoms. The Labute approximate surface area is 215 Å². The van der Waals surface area contributed by atoms with Crippen LogP contribution in [-0.2, 0) is 10.0 Å². The van der Waals surface area contributed by atoms with Crippen LogP contribution in [-0.4, -0.2) is 37.0 Å². The van der Waals surface area contributed by atoms with Crippen molar-refractivity contribution < 1.29 is 17.9 Å². The molecule has 0 aliphatic heterocycles. The van der Waals surface area contributed by atoms with E-state index in [1.54, 1.807) is 67.0 Å². The van der Waals surface area contributed by atoms with Gasteiger partial charge in [-0.15, -0.1) is 0 Å². The number of hydrogen-bond donors (Lipinski definition) is 0. The van der Waals surface area contributed by atoms with E-state index in [1.807, 2.05) is 13.8 Å². The van der Waals surface area contributed by atoms with Crippen molar-refractivity contribution in [2.75, 3.05) is 18.0 Å². The van der Waals surface area contributed by atoms with Crippen molar-refractivity contribution in [3.8, 4) is 28.6 Å². The Morgan fingerprint density at radius 1 is 0.917 bits per heavy atom. The molecule has 4 rings (SSSR count). The maximum Gasteiger partial charge on any atom is 0.265 e. The third-order valence-corrected chi connectivity index (χ3v) is 7.15. The van der Waals surface area contributed by atoms with Crippen molar-refractivity contribution >= 4 is 27.4 Å². The van der Waals surface area contributed by atoms with E-state index >= 15 is 0 Å². The molecule has 0 atom stereocenters. The number of rotatable bonds is 9. The lowest BCUT2D eigenvalue weighted by Gasteiger charge is -2.27. The molecular formula is C26H25ClN4O4S. The van der Waals surface area contributed by atoms with E-state index in [4.69, 9.17) is 21.1 Å². The molecule has 0 radical (unpaired) electrons. The first-order valence-corrected chi connectivity index (χ1v) is 13.0. The first kappa shape index (κ1) is 25.4. The molecule has 36 heavy (non-hydrogen) atoms. The fourth-order valence-corrected chi connectivity index (χ4v) is 5.27. The van der Waals surface area contributed by atoms with Gasteiger partial charge in [-0.3, -0.25) is 4.98 Å². The summed E-state index contributed by atoms with van der Waals surface area (Å²) in [6.45, 7) is 3.96. The second kappa shape index (κ2) is 10.9. The monoisotopic (exact) mass is 524 g/mol. The number of anilines is 1. The lowest BCUT2D eigenvalue weighted by molar-refractivity contribution is 0.378. The molecule has 2 aromatic heterocycles. The standard InChI is InChI=1S/C26H25ClN4O4S/c1-18(2)17-31(36(32,33)20-9-5-4-6-10-20)26-23(35-22-12-8-7-11-21(22)34-3)24(27)29-25(30-26)19-13-15-28-16-14-19/h4-16,18H,17H2,1-3H3. The molecule has 0 saturated carbocycles. The van der Waals surface area contributed by atoms with Gasteiger partial charge in [-0.1, -0.05) is 55.8 Å². The van der Waals surface area contributed by atoms with E-state index in [0.717, 1.165) is 0 Å². The highest BCUT2D eigenvalue weighted by molar-refractivity contribution is 7.92. The average Bonchev–Trinajstić information content (AvgIpc) is 2.89. The maximum atomic E-state index is 13.9. The molecule has 0 unspecified atom stereocenters. The van der Waals surface area contributed by atoms with Crippen LogP contribution in [0, 0.1) is 5.92 Å². The number of methoxy groups -OCH3 is 1. The number of aromatic nitrogens is 3. The van der Waals surface area contributed by atoms with Gasteiger partial charge in [-0.05, 0) is 42.3 Å². The summed E-state index contributed by atoms with van der Waals surface area (Å²) in [4.78, 5) is 13.2. The predicted octanol–water partition coefficient (Wildman–Crippen LogP) is 5.84. The molecular weight excluding hydrogens is 500 g/mol. The zero-order chi connectivity index (χ0) is 25.7. The van der Waals surface area contributed by atoms with E-state index in [9.17, 15) is 8.42 Å². The topological polar surface area (TPSA) is 94.5 Å². The Morgan fingerprint density at radius 3 is 2.19 bits per heavy atom. The minimum Gasteiger partial charge on any atom is -0.493 e. The summed E-state index contributed by atoms with van der Waals surface area (Å²) in [6.07, 6.45) is 3.19. The number of halogens is 1. The molecule has 8 nitrogen and oxygen atoms in total. The first-order valence-electron chi connectivity index (χ1n) is 11.2. The van der Waals surface area contributed by atoms with Gasteiger partial charge in [0.15, 0.2) is 28.3 Å². The summed E-state index contributed by atoms with van der Waals surface area (Å²) in [7, 11) is -2.52. The number of hydrogen-bond acceptors (Lipinski definition) is 7. The highest BCUT2D eigenvalue weighted by Crippen LogP contribution is 2.42. The van der Waals surface area contributed by atoms with Crippen LogP contribution in [0.3, 0.4) is 0 Å². The van der Waals surface area contributed by atoms with Crippen molar-refractivity contribution in [2.24, 2.45) is 5.92 Å². The van der Waals surface area contributed by atoms with Crippen molar-refractivity contribution in [3.63, 3.8) is 0 Å². The van der Waals surface area contributed by atoms with Crippen molar-refractivity contribution in [1.82, 2.24) is 15.0 Å². The lowest BCUT2D eigenvalue weighted by Crippen LogP contribution is -2.35. The Hall–Kier alpha value is -3.69. The van der Waals surface area contributed by atoms with Gasteiger partial charge in [0, 0.05) is 24.5 Å². The Morgan fingerprint density at radius 2 is 1.56 bits per heavy atom. The quantitative estimate of drug-likeness (QED) is 0.254. The molecule has 2 heterocycles. The predicted molar refractivity (Wildman–Crippen MR) is 139 cm³/mol. The Bertz CT molecular complexity index is 1440. The summed E-state index contributed by atoms with van der Waals surface area (Å²) < 4.78 is 40.5. The highest BCUT2D eigenvalue weighted by Gasteiger charge is 2.32. The molecule has 0 amide bonds. The summed E-state index contributed by atoms with van der Waals surface area (Å²) in [5, 5.41) is -0.0465. The van der Waals surface area contributed by atoms with E-state index in [2.05, 4.69) is 15.0 Å². The zero-order valence-electron chi connectivity index (χ0n) is 20.0. The van der Waals surface area contributed by atoms with Gasteiger partial charge in [0.2, 0.25) is 5.75 Å². The maximum absolute atomic E-state index is 13.9. The normalized spacial score (nSPS) is 11.4. The summed E-state index contributed by atoms with van der Waals surface area (Å²) in [5.74, 6) is 0.996. The van der Waals surface area contributed by atoms with Crippen LogP contribution in [0.4, 0.5) is 5.82 Å². The summed E-state index contributed by atoms with van der Waals surface area (Å²) in [5.41, 5.74) is 0.624. The highest BCUT2D eigenvalue weighted by atomic mass is 35.5. The van der Waals surface area contributed by atoms with E-state index in [0.29, 0.717) is 17.1 Å². The number of pyridine rings is 1. The largest absolute Gasteiger partial charge is 0.493 e. The van der Waals surface area contributed by atoms with Gasteiger partial charge in [-0.25, -0.2) is 22.7 Å². The van der Waals surface area contributed by atoms with Gasteiger partial charge in [0.05, 0.1) is 12.0 Å². The van der Waals surface area contributed by atoms with Crippen molar-refractivity contribution in [3.05, 3.63) is 84.3 Å². The number of sulfonamides is 1. The van der Waals surface area contributed by atoms with Gasteiger partial charge in [-0.2, -0.15) is 0 Å². The van der Waals surface area contributed by atoms with Gasteiger partial charge in [0.25, 0.3) is 10.0 Å². The second-order valence-corrected chi connectivity index (χ2v) is 10.4. The van der Waals surface area contributed by atoms with Gasteiger partial charge in [0.1, 0.15) is 0 Å². The zero-order valence-corrected chi connectivity index (χ0v) is 21.6. The van der Waals surface area contributed by atoms with Crippen LogP contribution in [0.2, 0.25) is 5.15 Å². The Kier molecular flexibility index (Phi) is 7.71. The van der Waals surface area contributed by atoms with E-state index < -0.39 is 10.0 Å². The molecule has 0 aliphatic rings. The molecule has 4 aromatic rings. The first-order chi connectivity index (χ1) is 17.3. The fourth-order valence-electron chi connectivity index (χ4n) is 3.46. The number of ether oxygens (including phenoxy) is 2. The Balaban J connectivity index is 1.96. The fraction of sp³-hybridized carbons (Fsp3) is 0.192.